The van der Waals surface area contributed by atoms with Gasteiger partial charge in [-0.15, -0.1) is 0 Å². The second-order valence-electron chi connectivity index (χ2n) is 3.70. The lowest BCUT2D eigenvalue weighted by Crippen LogP contribution is -2.04. The van der Waals surface area contributed by atoms with Crippen LogP contribution in [0.15, 0.2) is 41.0 Å². The molecule has 4 nitrogen and oxygen atoms in total. The van der Waals surface area contributed by atoms with Crippen LogP contribution in [-0.4, -0.2) is 16.1 Å². The lowest BCUT2D eigenvalue weighted by Gasteiger charge is -2.09. The van der Waals surface area contributed by atoms with Crippen LogP contribution in [0.1, 0.15) is 16.1 Å². The van der Waals surface area contributed by atoms with Crippen molar-refractivity contribution in [1.82, 2.24) is 4.98 Å². The van der Waals surface area contributed by atoms with Gasteiger partial charge in [0.15, 0.2) is 0 Å². The number of benzene rings is 1. The van der Waals surface area contributed by atoms with E-state index >= 15 is 0 Å². The summed E-state index contributed by atoms with van der Waals surface area (Å²) in [5.41, 5.74) is 0.891. The van der Waals surface area contributed by atoms with Gasteiger partial charge in [-0.2, -0.15) is 0 Å². The van der Waals surface area contributed by atoms with Gasteiger partial charge in [0.05, 0.1) is 5.69 Å². The van der Waals surface area contributed by atoms with Crippen molar-refractivity contribution in [3.05, 3.63) is 55.8 Å². The van der Waals surface area contributed by atoms with Gasteiger partial charge in [0.1, 0.15) is 17.9 Å². The highest BCUT2D eigenvalue weighted by molar-refractivity contribution is 14.1. The molecule has 0 fully saturated rings. The van der Waals surface area contributed by atoms with Gasteiger partial charge in [0, 0.05) is 14.2 Å². The van der Waals surface area contributed by atoms with Crippen LogP contribution in [0.3, 0.4) is 0 Å². The van der Waals surface area contributed by atoms with Crippen LogP contribution in [0.25, 0.3) is 0 Å². The van der Waals surface area contributed by atoms with Crippen LogP contribution in [0.2, 0.25) is 0 Å². The molecule has 98 valence electrons. The van der Waals surface area contributed by atoms with E-state index in [1.807, 2.05) is 12.1 Å². The van der Waals surface area contributed by atoms with E-state index < -0.39 is 5.97 Å². The zero-order valence-electron chi connectivity index (χ0n) is 9.64. The Morgan fingerprint density at radius 3 is 2.79 bits per heavy atom. The number of aromatic nitrogens is 1. The lowest BCUT2D eigenvalue weighted by molar-refractivity contribution is 0.0691. The maximum atomic E-state index is 11.1. The summed E-state index contributed by atoms with van der Waals surface area (Å²) >= 11 is 5.36. The molecular weight excluding hydrogens is 425 g/mol. The fourth-order valence-corrected chi connectivity index (χ4v) is 2.16. The van der Waals surface area contributed by atoms with E-state index in [0.29, 0.717) is 5.75 Å². The summed E-state index contributed by atoms with van der Waals surface area (Å²) in [6.45, 7) is 0.230. The predicted octanol–water partition coefficient (Wildman–Crippen LogP) is 3.73. The smallest absolute Gasteiger partial charge is 0.339 e. The average molecular weight is 434 g/mol. The number of halogens is 2. The minimum atomic E-state index is -1.00. The number of hydrogen-bond acceptors (Lipinski definition) is 3. The van der Waals surface area contributed by atoms with Crippen molar-refractivity contribution in [2.75, 3.05) is 0 Å². The summed E-state index contributed by atoms with van der Waals surface area (Å²) in [5, 5.41) is 9.12. The molecule has 0 aliphatic rings. The molecule has 2 aromatic rings. The quantitative estimate of drug-likeness (QED) is 0.746. The van der Waals surface area contributed by atoms with E-state index in [9.17, 15) is 4.79 Å². The van der Waals surface area contributed by atoms with Gasteiger partial charge in [0.2, 0.25) is 0 Å². The second-order valence-corrected chi connectivity index (χ2v) is 5.86. The summed E-state index contributed by atoms with van der Waals surface area (Å²) in [4.78, 5) is 15.3. The van der Waals surface area contributed by atoms with Crippen LogP contribution in [-0.2, 0) is 6.61 Å². The van der Waals surface area contributed by atoms with Crippen molar-refractivity contribution >= 4 is 44.5 Å². The molecule has 1 aromatic carbocycles. The predicted molar refractivity (Wildman–Crippen MR) is 82.4 cm³/mol. The number of hydrogen-bond donors (Lipinski definition) is 1. The zero-order chi connectivity index (χ0) is 13.8. The molecule has 0 spiro atoms. The summed E-state index contributed by atoms with van der Waals surface area (Å²) in [7, 11) is 0. The standard InChI is InChI=1S/C13H9BrINO3/c14-8-1-3-10(16-6-8)7-19-12-4-2-9(15)5-11(12)13(17)18/h1-6H,7H2,(H,17,18). The van der Waals surface area contributed by atoms with Crippen LogP contribution in [0.4, 0.5) is 0 Å². The number of ether oxygens (including phenoxy) is 1. The Morgan fingerprint density at radius 1 is 1.37 bits per heavy atom. The van der Waals surface area contributed by atoms with Gasteiger partial charge in [-0.05, 0) is 68.9 Å². The number of nitrogens with zero attached hydrogens (tertiary/aromatic N) is 1. The third-order valence-corrected chi connectivity index (χ3v) is 3.48. The molecule has 1 heterocycles. The van der Waals surface area contributed by atoms with Crippen molar-refractivity contribution in [2.24, 2.45) is 0 Å². The Hall–Kier alpha value is -1.15. The molecule has 0 aliphatic heterocycles. The third-order valence-electron chi connectivity index (χ3n) is 2.34. The SMILES string of the molecule is O=C(O)c1cc(I)ccc1OCc1ccc(Br)cn1. The molecule has 0 atom stereocenters. The first-order valence-electron chi connectivity index (χ1n) is 5.32. The highest BCUT2D eigenvalue weighted by Gasteiger charge is 2.12. The number of carboxylic acids is 1. The Bertz CT molecular complexity index is 601. The van der Waals surface area contributed by atoms with Crippen molar-refractivity contribution in [3.8, 4) is 5.75 Å². The third kappa shape index (κ3) is 3.90. The van der Waals surface area contributed by atoms with Crippen LogP contribution < -0.4 is 4.74 Å². The van der Waals surface area contributed by atoms with Crippen molar-refractivity contribution in [3.63, 3.8) is 0 Å². The molecule has 1 aromatic heterocycles. The first-order chi connectivity index (χ1) is 9.06. The molecule has 0 saturated carbocycles. The first-order valence-corrected chi connectivity index (χ1v) is 7.19. The van der Waals surface area contributed by atoms with E-state index in [-0.39, 0.29) is 12.2 Å². The van der Waals surface area contributed by atoms with Gasteiger partial charge >= 0.3 is 5.97 Å². The van der Waals surface area contributed by atoms with E-state index in [1.165, 1.54) is 0 Å². The summed E-state index contributed by atoms with van der Waals surface area (Å²) < 4.78 is 7.25. The van der Waals surface area contributed by atoms with Crippen molar-refractivity contribution in [2.45, 2.75) is 6.61 Å². The number of aromatic carboxylic acids is 1. The van der Waals surface area contributed by atoms with Crippen molar-refractivity contribution < 1.29 is 14.6 Å². The molecule has 2 rings (SSSR count). The fourth-order valence-electron chi connectivity index (χ4n) is 1.44. The lowest BCUT2D eigenvalue weighted by atomic mass is 10.2. The maximum Gasteiger partial charge on any atom is 0.339 e. The molecule has 19 heavy (non-hydrogen) atoms. The molecule has 0 amide bonds. The Kier molecular flexibility index (Phi) is 4.76. The van der Waals surface area contributed by atoms with Crippen LogP contribution in [0.5, 0.6) is 5.75 Å². The number of carbonyl (C=O) groups is 1. The summed E-state index contributed by atoms with van der Waals surface area (Å²) in [5.74, 6) is -0.657. The van der Waals surface area contributed by atoms with Crippen LogP contribution >= 0.6 is 38.5 Å². The molecule has 0 aliphatic carbocycles. The van der Waals surface area contributed by atoms with Crippen LogP contribution in [0, 0.1) is 3.57 Å². The highest BCUT2D eigenvalue weighted by Crippen LogP contribution is 2.22. The Balaban J connectivity index is 2.15. The minimum Gasteiger partial charge on any atom is -0.486 e. The molecule has 0 saturated heterocycles. The maximum absolute atomic E-state index is 11.1. The molecular formula is C13H9BrINO3. The normalized spacial score (nSPS) is 10.2. The first kappa shape index (κ1) is 14.3. The topological polar surface area (TPSA) is 59.4 Å². The second kappa shape index (κ2) is 6.33. The van der Waals surface area contributed by atoms with Gasteiger partial charge in [0.25, 0.3) is 0 Å². The molecule has 1 N–H and O–H groups in total. The van der Waals surface area contributed by atoms with Gasteiger partial charge < -0.3 is 9.84 Å². The van der Waals surface area contributed by atoms with Gasteiger partial charge in [-0.1, -0.05) is 0 Å². The van der Waals surface area contributed by atoms with E-state index in [0.717, 1.165) is 13.7 Å². The Morgan fingerprint density at radius 2 is 2.16 bits per heavy atom. The van der Waals surface area contributed by atoms with Crippen molar-refractivity contribution in [1.29, 1.82) is 0 Å². The highest BCUT2D eigenvalue weighted by atomic mass is 127. The van der Waals surface area contributed by atoms with Gasteiger partial charge in [-0.25, -0.2) is 4.79 Å². The molecule has 0 unspecified atom stereocenters. The Labute approximate surface area is 132 Å². The van der Waals surface area contributed by atoms with E-state index in [2.05, 4.69) is 43.5 Å². The molecule has 6 heteroatoms. The van der Waals surface area contributed by atoms with Gasteiger partial charge in [-0.3, -0.25) is 4.98 Å². The monoisotopic (exact) mass is 433 g/mol. The average Bonchev–Trinajstić information content (AvgIpc) is 2.39. The molecule has 0 bridgehead atoms. The summed E-state index contributed by atoms with van der Waals surface area (Å²) in [6, 6.07) is 8.71. The largest absolute Gasteiger partial charge is 0.486 e. The molecule has 0 radical (unpaired) electrons. The van der Waals surface area contributed by atoms with E-state index in [4.69, 9.17) is 9.84 Å². The number of carboxylic acid groups (broad SMARTS) is 1. The fraction of sp³-hybridized carbons (Fsp3) is 0.0769. The minimum absolute atomic E-state index is 0.156. The van der Waals surface area contributed by atoms with E-state index in [1.54, 1.807) is 24.4 Å². The number of pyridine rings is 1. The summed E-state index contributed by atoms with van der Waals surface area (Å²) in [6.07, 6.45) is 1.67. The zero-order valence-corrected chi connectivity index (χ0v) is 13.4. The number of rotatable bonds is 4.